The van der Waals surface area contributed by atoms with Crippen molar-refractivity contribution < 1.29 is 8.78 Å². The molecule has 1 saturated carbocycles. The van der Waals surface area contributed by atoms with E-state index < -0.39 is 5.92 Å². The van der Waals surface area contributed by atoms with Gasteiger partial charge in [-0.2, -0.15) is 0 Å². The molecule has 3 nitrogen and oxygen atoms in total. The lowest BCUT2D eigenvalue weighted by molar-refractivity contribution is -0.0410. The zero-order chi connectivity index (χ0) is 15.0. The number of allylic oxidation sites excluding steroid dienone is 1. The molecule has 21 heavy (non-hydrogen) atoms. The van der Waals surface area contributed by atoms with Crippen molar-refractivity contribution in [3.05, 3.63) is 30.1 Å². The van der Waals surface area contributed by atoms with Crippen molar-refractivity contribution in [1.29, 1.82) is 0 Å². The van der Waals surface area contributed by atoms with Gasteiger partial charge >= 0.3 is 0 Å². The minimum atomic E-state index is -2.47. The Labute approximate surface area is 122 Å². The molecule has 2 heterocycles. The Morgan fingerprint density at radius 1 is 1.38 bits per heavy atom. The van der Waals surface area contributed by atoms with Crippen molar-refractivity contribution >= 4 is 22.8 Å². The van der Waals surface area contributed by atoms with E-state index in [4.69, 9.17) is 5.73 Å². The number of nitrogens with two attached hydrogens (primary N) is 1. The van der Waals surface area contributed by atoms with Crippen molar-refractivity contribution in [2.24, 2.45) is 13.0 Å². The molecular formula is C16H19F2N3. The van der Waals surface area contributed by atoms with Gasteiger partial charge in [0.05, 0.1) is 11.9 Å². The van der Waals surface area contributed by atoms with Gasteiger partial charge in [0.25, 0.3) is 0 Å². The molecule has 0 saturated heterocycles. The van der Waals surface area contributed by atoms with Crippen LogP contribution in [-0.4, -0.2) is 15.5 Å². The Bertz CT molecular complexity index is 678. The minimum Gasteiger partial charge on any atom is -0.397 e. The Balaban J connectivity index is 1.82. The van der Waals surface area contributed by atoms with E-state index in [0.717, 1.165) is 16.6 Å². The van der Waals surface area contributed by atoms with Crippen LogP contribution in [0.3, 0.4) is 0 Å². The molecule has 2 aromatic heterocycles. The van der Waals surface area contributed by atoms with Gasteiger partial charge in [0.15, 0.2) is 0 Å². The number of hydrogen-bond donors (Lipinski definition) is 1. The van der Waals surface area contributed by atoms with Crippen LogP contribution >= 0.6 is 0 Å². The molecule has 0 spiro atoms. The monoisotopic (exact) mass is 291 g/mol. The molecule has 5 heteroatoms. The molecule has 0 radical (unpaired) electrons. The third-order valence-electron chi connectivity index (χ3n) is 4.18. The fraction of sp³-hybridized carbons (Fsp3) is 0.438. The maximum Gasteiger partial charge on any atom is 0.248 e. The highest BCUT2D eigenvalue weighted by molar-refractivity contribution is 5.88. The highest BCUT2D eigenvalue weighted by Gasteiger charge is 2.33. The number of aromatic nitrogens is 2. The second kappa shape index (κ2) is 5.13. The Hall–Kier alpha value is -1.91. The number of rotatable bonds is 2. The topological polar surface area (TPSA) is 43.8 Å². The van der Waals surface area contributed by atoms with E-state index in [0.29, 0.717) is 18.5 Å². The van der Waals surface area contributed by atoms with Gasteiger partial charge in [0.1, 0.15) is 5.65 Å². The second-order valence-electron chi connectivity index (χ2n) is 5.89. The van der Waals surface area contributed by atoms with Crippen LogP contribution in [0.15, 0.2) is 24.5 Å². The van der Waals surface area contributed by atoms with E-state index in [2.05, 4.69) is 4.98 Å². The van der Waals surface area contributed by atoms with Crippen LogP contribution in [0.25, 0.3) is 17.1 Å². The SMILES string of the molecule is Cn1cc(/C=C/C2CCC(F)(F)CC2)c2cc(N)cnc21. The van der Waals surface area contributed by atoms with Crippen LogP contribution in [-0.2, 0) is 7.05 Å². The van der Waals surface area contributed by atoms with Crippen LogP contribution in [0.2, 0.25) is 0 Å². The number of anilines is 1. The van der Waals surface area contributed by atoms with E-state index >= 15 is 0 Å². The predicted octanol–water partition coefficient (Wildman–Crippen LogP) is 3.99. The summed E-state index contributed by atoms with van der Waals surface area (Å²) in [6.45, 7) is 0. The first-order chi connectivity index (χ1) is 9.94. The van der Waals surface area contributed by atoms with Crippen molar-refractivity contribution in [2.45, 2.75) is 31.6 Å². The molecule has 0 bridgehead atoms. The van der Waals surface area contributed by atoms with Crippen LogP contribution in [0, 0.1) is 5.92 Å². The molecule has 0 aliphatic heterocycles. The lowest BCUT2D eigenvalue weighted by Crippen LogP contribution is -2.23. The third-order valence-corrected chi connectivity index (χ3v) is 4.18. The van der Waals surface area contributed by atoms with Gasteiger partial charge in [-0.15, -0.1) is 0 Å². The molecule has 1 aliphatic carbocycles. The van der Waals surface area contributed by atoms with Crippen molar-refractivity contribution in [2.75, 3.05) is 5.73 Å². The van der Waals surface area contributed by atoms with Crippen molar-refractivity contribution in [1.82, 2.24) is 9.55 Å². The van der Waals surface area contributed by atoms with E-state index in [1.165, 1.54) is 0 Å². The van der Waals surface area contributed by atoms with E-state index in [-0.39, 0.29) is 18.8 Å². The standard InChI is InChI=1S/C16H19F2N3/c1-21-10-12(14-8-13(19)9-20-15(14)21)3-2-11-4-6-16(17,18)7-5-11/h2-3,8-11H,4-7,19H2,1H3/b3-2+. The van der Waals surface area contributed by atoms with Gasteiger partial charge in [-0.3, -0.25) is 0 Å². The van der Waals surface area contributed by atoms with Crippen molar-refractivity contribution in [3.63, 3.8) is 0 Å². The quantitative estimate of drug-likeness (QED) is 0.909. The lowest BCUT2D eigenvalue weighted by atomic mass is 9.86. The van der Waals surface area contributed by atoms with Gasteiger partial charge < -0.3 is 10.3 Å². The van der Waals surface area contributed by atoms with Gasteiger partial charge in [-0.25, -0.2) is 13.8 Å². The lowest BCUT2D eigenvalue weighted by Gasteiger charge is -2.26. The van der Waals surface area contributed by atoms with Crippen molar-refractivity contribution in [3.8, 4) is 0 Å². The largest absolute Gasteiger partial charge is 0.397 e. The Morgan fingerprint density at radius 2 is 2.10 bits per heavy atom. The number of fused-ring (bicyclic) bond motifs is 1. The summed E-state index contributed by atoms with van der Waals surface area (Å²) >= 11 is 0. The zero-order valence-electron chi connectivity index (χ0n) is 12.0. The average molecular weight is 291 g/mol. The first kappa shape index (κ1) is 14.0. The van der Waals surface area contributed by atoms with E-state index in [9.17, 15) is 8.78 Å². The number of hydrogen-bond acceptors (Lipinski definition) is 2. The summed E-state index contributed by atoms with van der Waals surface area (Å²) < 4.78 is 28.2. The van der Waals surface area contributed by atoms with Crippen LogP contribution in [0.4, 0.5) is 14.5 Å². The van der Waals surface area contributed by atoms with E-state index in [1.807, 2.05) is 36.0 Å². The molecular weight excluding hydrogens is 272 g/mol. The molecule has 1 aliphatic rings. The van der Waals surface area contributed by atoms with Gasteiger partial charge in [0.2, 0.25) is 5.92 Å². The number of nitrogen functional groups attached to an aromatic ring is 1. The molecule has 2 aromatic rings. The predicted molar refractivity (Wildman–Crippen MR) is 81.1 cm³/mol. The maximum atomic E-state index is 13.1. The summed E-state index contributed by atoms with van der Waals surface area (Å²) in [5.74, 6) is -2.24. The highest BCUT2D eigenvalue weighted by Crippen LogP contribution is 2.37. The molecule has 1 fully saturated rings. The van der Waals surface area contributed by atoms with Crippen LogP contribution in [0.1, 0.15) is 31.2 Å². The molecule has 0 unspecified atom stereocenters. The molecule has 0 atom stereocenters. The average Bonchev–Trinajstić information content (AvgIpc) is 2.74. The summed E-state index contributed by atoms with van der Waals surface area (Å²) in [6.07, 6.45) is 8.77. The van der Waals surface area contributed by atoms with Gasteiger partial charge in [-0.05, 0) is 24.8 Å². The smallest absolute Gasteiger partial charge is 0.248 e. The molecule has 112 valence electrons. The summed E-state index contributed by atoms with van der Waals surface area (Å²) in [5.41, 5.74) is 8.32. The van der Waals surface area contributed by atoms with Gasteiger partial charge in [0, 0.05) is 37.0 Å². The number of pyridine rings is 1. The highest BCUT2D eigenvalue weighted by atomic mass is 19.3. The maximum absolute atomic E-state index is 13.1. The van der Waals surface area contributed by atoms with Gasteiger partial charge in [-0.1, -0.05) is 12.2 Å². The number of nitrogens with zero attached hydrogens (tertiary/aromatic N) is 2. The van der Waals surface area contributed by atoms with E-state index in [1.54, 1.807) is 6.20 Å². The summed E-state index contributed by atoms with van der Waals surface area (Å²) in [5, 5.41) is 0.995. The first-order valence-electron chi connectivity index (χ1n) is 7.21. The molecule has 2 N–H and O–H groups in total. The fourth-order valence-corrected chi connectivity index (χ4v) is 2.93. The summed E-state index contributed by atoms with van der Waals surface area (Å²) in [4.78, 5) is 4.32. The molecule has 0 amide bonds. The third kappa shape index (κ3) is 2.91. The Kier molecular flexibility index (Phi) is 3.43. The summed E-state index contributed by atoms with van der Waals surface area (Å²) in [7, 11) is 1.93. The number of aryl methyl sites for hydroxylation is 1. The fourth-order valence-electron chi connectivity index (χ4n) is 2.93. The zero-order valence-corrected chi connectivity index (χ0v) is 12.0. The second-order valence-corrected chi connectivity index (χ2v) is 5.89. The summed E-state index contributed by atoms with van der Waals surface area (Å²) in [6, 6.07) is 1.90. The first-order valence-corrected chi connectivity index (χ1v) is 7.21. The molecule has 3 rings (SSSR count). The molecule has 0 aromatic carbocycles. The van der Waals surface area contributed by atoms with Crippen LogP contribution in [0.5, 0.6) is 0 Å². The minimum absolute atomic E-state index is 0.00789. The number of alkyl halides is 2. The van der Waals surface area contributed by atoms with Crippen LogP contribution < -0.4 is 5.73 Å². The normalized spacial score (nSPS) is 19.6. The Morgan fingerprint density at radius 3 is 2.81 bits per heavy atom. The number of halogens is 2.